The summed E-state index contributed by atoms with van der Waals surface area (Å²) in [6.07, 6.45) is 2.73. The summed E-state index contributed by atoms with van der Waals surface area (Å²) in [5.41, 5.74) is 0.431. The molecule has 0 aliphatic heterocycles. The van der Waals surface area contributed by atoms with Gasteiger partial charge in [0.15, 0.2) is 0 Å². The highest BCUT2D eigenvalue weighted by atomic mass is 16.5. The topological polar surface area (TPSA) is 26.3 Å². The third kappa shape index (κ3) is 4.94. The average molecular weight is 169 g/mol. The molecule has 0 bridgehead atoms. The van der Waals surface area contributed by atoms with Crippen molar-refractivity contribution in [1.82, 2.24) is 0 Å². The fourth-order valence-electron chi connectivity index (χ4n) is 0.743. The SMILES string of the molecule is [CH2]C(CCCC)OC(=O)C(=C)C. The predicted molar refractivity (Wildman–Crippen MR) is 49.6 cm³/mol. The molecule has 0 amide bonds. The zero-order valence-electron chi connectivity index (χ0n) is 7.93. The first-order valence-electron chi connectivity index (χ1n) is 4.27. The van der Waals surface area contributed by atoms with Gasteiger partial charge in [0.25, 0.3) is 0 Å². The van der Waals surface area contributed by atoms with Gasteiger partial charge in [0, 0.05) is 5.57 Å². The van der Waals surface area contributed by atoms with Gasteiger partial charge in [0.2, 0.25) is 0 Å². The van der Waals surface area contributed by atoms with E-state index in [-0.39, 0.29) is 12.1 Å². The van der Waals surface area contributed by atoms with Crippen LogP contribution in [0, 0.1) is 6.92 Å². The van der Waals surface area contributed by atoms with Gasteiger partial charge in [0.1, 0.15) is 6.10 Å². The number of unbranched alkanes of at least 4 members (excludes halogenated alkanes) is 1. The fraction of sp³-hybridized carbons (Fsp3) is 0.600. The Balaban J connectivity index is 3.61. The Hall–Kier alpha value is -0.790. The molecule has 0 heterocycles. The van der Waals surface area contributed by atoms with E-state index in [9.17, 15) is 4.79 Å². The molecule has 0 N–H and O–H groups in total. The normalized spacial score (nSPS) is 12.2. The Morgan fingerprint density at radius 2 is 2.17 bits per heavy atom. The van der Waals surface area contributed by atoms with Crippen LogP contribution in [0.15, 0.2) is 12.2 Å². The van der Waals surface area contributed by atoms with Gasteiger partial charge >= 0.3 is 5.97 Å². The molecule has 0 fully saturated rings. The van der Waals surface area contributed by atoms with Crippen molar-refractivity contribution in [3.63, 3.8) is 0 Å². The molecule has 0 aliphatic carbocycles. The number of hydrogen-bond donors (Lipinski definition) is 0. The second-order valence-corrected chi connectivity index (χ2v) is 2.95. The second kappa shape index (κ2) is 5.81. The number of esters is 1. The maximum absolute atomic E-state index is 11.0. The van der Waals surface area contributed by atoms with E-state index in [2.05, 4.69) is 20.4 Å². The van der Waals surface area contributed by atoms with Gasteiger partial charge in [0.05, 0.1) is 0 Å². The van der Waals surface area contributed by atoms with Crippen LogP contribution >= 0.6 is 0 Å². The van der Waals surface area contributed by atoms with Crippen molar-refractivity contribution in [2.24, 2.45) is 0 Å². The first kappa shape index (κ1) is 11.2. The standard InChI is InChI=1S/C10H17O2/c1-5-6-7-9(4)12-10(11)8(2)3/h9H,2,4-7H2,1,3H3. The van der Waals surface area contributed by atoms with E-state index < -0.39 is 0 Å². The zero-order valence-corrected chi connectivity index (χ0v) is 7.93. The van der Waals surface area contributed by atoms with E-state index in [0.29, 0.717) is 5.57 Å². The van der Waals surface area contributed by atoms with Crippen LogP contribution in [0.1, 0.15) is 33.1 Å². The van der Waals surface area contributed by atoms with E-state index >= 15 is 0 Å². The summed E-state index contributed by atoms with van der Waals surface area (Å²) < 4.78 is 4.96. The zero-order chi connectivity index (χ0) is 9.56. The summed E-state index contributed by atoms with van der Waals surface area (Å²) in [4.78, 5) is 11.0. The third-order valence-electron chi connectivity index (χ3n) is 1.50. The summed E-state index contributed by atoms with van der Waals surface area (Å²) >= 11 is 0. The number of carbonyl (C=O) groups is 1. The van der Waals surface area contributed by atoms with Crippen molar-refractivity contribution in [1.29, 1.82) is 0 Å². The monoisotopic (exact) mass is 169 g/mol. The Labute approximate surface area is 74.6 Å². The highest BCUT2D eigenvalue weighted by Gasteiger charge is 2.08. The molecule has 1 unspecified atom stereocenters. The summed E-state index contributed by atoms with van der Waals surface area (Å²) in [6.45, 7) is 10.9. The van der Waals surface area contributed by atoms with Crippen molar-refractivity contribution >= 4 is 5.97 Å². The minimum absolute atomic E-state index is 0.228. The molecule has 0 aromatic heterocycles. The molecule has 0 aliphatic rings. The van der Waals surface area contributed by atoms with Crippen molar-refractivity contribution in [3.05, 3.63) is 19.1 Å². The Morgan fingerprint density at radius 3 is 2.58 bits per heavy atom. The van der Waals surface area contributed by atoms with E-state index in [0.717, 1.165) is 19.3 Å². The van der Waals surface area contributed by atoms with Crippen LogP contribution < -0.4 is 0 Å². The van der Waals surface area contributed by atoms with Crippen LogP contribution in [0.4, 0.5) is 0 Å². The molecule has 0 saturated heterocycles. The lowest BCUT2D eigenvalue weighted by Gasteiger charge is -2.11. The molecule has 69 valence electrons. The minimum Gasteiger partial charge on any atom is -0.459 e. The molecular formula is C10H17O2. The molecule has 12 heavy (non-hydrogen) atoms. The first-order valence-corrected chi connectivity index (χ1v) is 4.27. The quantitative estimate of drug-likeness (QED) is 0.467. The van der Waals surface area contributed by atoms with Crippen LogP contribution in [0.5, 0.6) is 0 Å². The van der Waals surface area contributed by atoms with Gasteiger partial charge in [-0.25, -0.2) is 4.79 Å². The van der Waals surface area contributed by atoms with Crippen molar-refractivity contribution < 1.29 is 9.53 Å². The Bertz CT molecular complexity index is 161. The number of hydrogen-bond acceptors (Lipinski definition) is 2. The maximum atomic E-state index is 11.0. The smallest absolute Gasteiger partial charge is 0.333 e. The molecule has 1 radical (unpaired) electrons. The summed E-state index contributed by atoms with van der Waals surface area (Å²) in [7, 11) is 0. The Morgan fingerprint density at radius 1 is 1.58 bits per heavy atom. The number of ether oxygens (including phenoxy) is 1. The van der Waals surface area contributed by atoms with Crippen LogP contribution in [0.3, 0.4) is 0 Å². The molecule has 2 heteroatoms. The summed E-state index contributed by atoms with van der Waals surface area (Å²) in [6, 6.07) is 0. The van der Waals surface area contributed by atoms with Gasteiger partial charge in [-0.1, -0.05) is 26.3 Å². The average Bonchev–Trinajstić information content (AvgIpc) is 2.00. The molecular weight excluding hydrogens is 152 g/mol. The highest BCUT2D eigenvalue weighted by molar-refractivity contribution is 5.87. The molecule has 0 aromatic carbocycles. The summed E-state index contributed by atoms with van der Waals surface area (Å²) in [5, 5.41) is 0. The lowest BCUT2D eigenvalue weighted by molar-refractivity contribution is -0.142. The van der Waals surface area contributed by atoms with E-state index in [1.165, 1.54) is 0 Å². The van der Waals surface area contributed by atoms with Gasteiger partial charge in [-0.05, 0) is 20.3 Å². The van der Waals surface area contributed by atoms with Gasteiger partial charge in [-0.15, -0.1) is 0 Å². The molecule has 0 spiro atoms. The van der Waals surface area contributed by atoms with Gasteiger partial charge in [-0.3, -0.25) is 0 Å². The fourth-order valence-corrected chi connectivity index (χ4v) is 0.743. The summed E-state index contributed by atoms with van der Waals surface area (Å²) in [5.74, 6) is -0.342. The van der Waals surface area contributed by atoms with Crippen LogP contribution in [-0.4, -0.2) is 12.1 Å². The van der Waals surface area contributed by atoms with Crippen LogP contribution in [0.25, 0.3) is 0 Å². The van der Waals surface area contributed by atoms with Gasteiger partial charge in [-0.2, -0.15) is 0 Å². The number of rotatable bonds is 5. The second-order valence-electron chi connectivity index (χ2n) is 2.95. The van der Waals surface area contributed by atoms with E-state index in [1.807, 2.05) is 0 Å². The third-order valence-corrected chi connectivity index (χ3v) is 1.50. The lowest BCUT2D eigenvalue weighted by atomic mass is 10.2. The van der Waals surface area contributed by atoms with Crippen molar-refractivity contribution in [2.75, 3.05) is 0 Å². The Kier molecular flexibility index (Phi) is 5.43. The highest BCUT2D eigenvalue weighted by Crippen LogP contribution is 2.05. The van der Waals surface area contributed by atoms with Crippen LogP contribution in [0.2, 0.25) is 0 Å². The minimum atomic E-state index is -0.342. The van der Waals surface area contributed by atoms with Crippen LogP contribution in [-0.2, 0) is 9.53 Å². The van der Waals surface area contributed by atoms with Gasteiger partial charge < -0.3 is 4.74 Å². The molecule has 0 saturated carbocycles. The lowest BCUT2D eigenvalue weighted by Crippen LogP contribution is -2.15. The van der Waals surface area contributed by atoms with Crippen molar-refractivity contribution in [2.45, 2.75) is 39.2 Å². The maximum Gasteiger partial charge on any atom is 0.333 e. The first-order chi connectivity index (χ1) is 5.57. The molecule has 1 atom stereocenters. The molecule has 0 aromatic rings. The van der Waals surface area contributed by atoms with Crippen molar-refractivity contribution in [3.8, 4) is 0 Å². The largest absolute Gasteiger partial charge is 0.459 e. The van der Waals surface area contributed by atoms with E-state index in [4.69, 9.17) is 4.74 Å². The molecule has 2 nitrogen and oxygen atoms in total. The van der Waals surface area contributed by atoms with E-state index in [1.54, 1.807) is 6.92 Å². The predicted octanol–water partition coefficient (Wildman–Crippen LogP) is 2.50. The number of carbonyl (C=O) groups excluding carboxylic acids is 1. The molecule has 0 rings (SSSR count).